The number of allylic oxidation sites excluding steroid dienone is 16. The van der Waals surface area contributed by atoms with Crippen molar-refractivity contribution in [2.75, 3.05) is 0 Å². The van der Waals surface area contributed by atoms with Gasteiger partial charge in [0.2, 0.25) is 0 Å². The summed E-state index contributed by atoms with van der Waals surface area (Å²) in [5, 5.41) is 22.8. The van der Waals surface area contributed by atoms with Crippen LogP contribution in [0.25, 0.3) is 118 Å². The standard InChI is InChI=1S/C20H12.C20H16.C14H10O2.C13H10.C12H8N2.C11H9N3OS/c1-5-13-6-2-11-17-18-12-4-8-14-7-3-10-16(20(14)18)15(9-1)19(13)17;1-2-7-17-15(4-1)12-16-9-8-13-5-3-6-14-10-11-18(17)20(16)19(13)14;15-13-9-5-1-2-6-10(9)14(16)12-8-4-3-7-11(12)13;1-4-10-6-2-8-12-9-3-7-11(5-1)13(10)12;1-3-9-5-6-10-4-2-8-14-12(10)11(9)13-7-1;1-5-3-6(2)14-11-7(5)8-9(16-11)10(15)13-4-12-8/h1-12H;3,5-6,8-12H,1-2,4,7H2;1-10H;1-9,13H;1-8H;3-4H,1-2H3,(H,12,13,15). The van der Waals surface area contributed by atoms with Crippen LogP contribution in [0, 0.1) is 31.6 Å². The maximum atomic E-state index is 12.2. The lowest BCUT2D eigenvalue weighted by Crippen LogP contribution is -2.35. The third-order valence-electron chi connectivity index (χ3n) is 20.2. The van der Waals surface area contributed by atoms with E-state index in [4.69, 9.17) is 0 Å². The molecule has 2 unspecified atom stereocenters. The van der Waals surface area contributed by atoms with E-state index in [1.165, 1.54) is 135 Å². The van der Waals surface area contributed by atoms with Gasteiger partial charge in [-0.3, -0.25) is 24.4 Å². The summed E-state index contributed by atoms with van der Waals surface area (Å²) in [6, 6.07) is 66.0. The number of rotatable bonds is 0. The molecule has 9 heteroatoms. The molecule has 474 valence electrons. The van der Waals surface area contributed by atoms with Crippen LogP contribution >= 0.6 is 11.3 Å². The molecular weight excluding hydrogens is 1230 g/mol. The van der Waals surface area contributed by atoms with Gasteiger partial charge in [0.05, 0.1) is 34.7 Å². The summed E-state index contributed by atoms with van der Waals surface area (Å²) in [4.78, 5) is 56.8. The van der Waals surface area contributed by atoms with Crippen molar-refractivity contribution in [2.45, 2.75) is 39.5 Å². The number of carbonyl (C=O) groups excluding carboxylic acids is 2. The number of hydrogen-bond acceptors (Lipinski definition) is 8. The third-order valence-corrected chi connectivity index (χ3v) is 21.3. The highest BCUT2D eigenvalue weighted by molar-refractivity contribution is 7.25. The highest BCUT2D eigenvalue weighted by atomic mass is 32.1. The molecule has 5 heterocycles. The van der Waals surface area contributed by atoms with Gasteiger partial charge in [-0.1, -0.05) is 249 Å². The van der Waals surface area contributed by atoms with Gasteiger partial charge in [0.1, 0.15) is 9.53 Å². The van der Waals surface area contributed by atoms with Crippen LogP contribution in [0.2, 0.25) is 0 Å². The number of nitrogens with zero attached hydrogens (tertiary/aromatic N) is 4. The monoisotopic (exact) mass is 1300 g/mol. The topological polar surface area (TPSA) is 119 Å². The Labute approximate surface area is 575 Å². The number of carbonyl (C=O) groups is 2. The zero-order valence-electron chi connectivity index (χ0n) is 54.6. The molecule has 99 heavy (non-hydrogen) atoms. The number of aromatic amines is 1. The SMILES string of the molecule is C1=CC2=CC=CC3=CC=CC(=C1)C23.Cc1cc(C)c2c(n1)sc1c(=O)[nH]cnc12.O=C1c2ccccc2C(=O)C2C=CC=CC12.c1cc2ccc3cc4c(c5ccc(c1)c2c35)CCCC4.c1cc2cccc3c4cccc5cccc(c(c1)c23)c54.c1cnc2c(c1)ccc1cccnc12. The van der Waals surface area contributed by atoms with Gasteiger partial charge in [-0.2, -0.15) is 0 Å². The Morgan fingerprint density at radius 3 is 1.46 bits per heavy atom. The van der Waals surface area contributed by atoms with E-state index in [1.54, 1.807) is 47.8 Å². The number of pyridine rings is 3. The average molecular weight is 1300 g/mol. The smallest absolute Gasteiger partial charge is 0.268 e. The van der Waals surface area contributed by atoms with E-state index in [2.05, 4.69) is 225 Å². The fourth-order valence-corrected chi connectivity index (χ4v) is 16.9. The number of aryl methyl sites for hydroxylation is 4. The predicted molar refractivity (Wildman–Crippen MR) is 412 cm³/mol. The minimum absolute atomic E-state index is 0.0563. The minimum Gasteiger partial charge on any atom is -0.312 e. The van der Waals surface area contributed by atoms with Crippen LogP contribution in [0.4, 0.5) is 0 Å². The molecule has 2 atom stereocenters. The first-order valence-electron chi connectivity index (χ1n) is 33.9. The molecule has 1 N–H and O–H groups in total. The van der Waals surface area contributed by atoms with Crippen molar-refractivity contribution < 1.29 is 9.59 Å². The molecule has 0 saturated heterocycles. The molecule has 11 aromatic carbocycles. The number of benzene rings is 11. The molecule has 6 aliphatic rings. The number of ketones is 2. The second kappa shape index (κ2) is 25.6. The Bertz CT molecular complexity index is 5960. The second-order valence-electron chi connectivity index (χ2n) is 26.1. The number of fused-ring (bicyclic) bond motifs is 12. The number of thiophene rings is 1. The molecule has 6 aliphatic carbocycles. The van der Waals surface area contributed by atoms with Gasteiger partial charge in [-0.05, 0) is 167 Å². The maximum absolute atomic E-state index is 12.2. The maximum Gasteiger partial charge on any atom is 0.268 e. The Balaban J connectivity index is 0.0000000897. The highest BCUT2D eigenvalue weighted by Gasteiger charge is 2.39. The van der Waals surface area contributed by atoms with Crippen LogP contribution < -0.4 is 5.56 Å². The van der Waals surface area contributed by atoms with E-state index in [0.29, 0.717) is 21.7 Å². The molecule has 0 spiro atoms. The van der Waals surface area contributed by atoms with Gasteiger partial charge < -0.3 is 4.98 Å². The molecule has 0 bridgehead atoms. The van der Waals surface area contributed by atoms with Crippen molar-refractivity contribution in [1.29, 1.82) is 0 Å². The van der Waals surface area contributed by atoms with E-state index >= 15 is 0 Å². The molecule has 0 saturated carbocycles. The summed E-state index contributed by atoms with van der Waals surface area (Å²) in [5.41, 5.74) is 13.3. The molecule has 5 aromatic heterocycles. The number of Topliss-reactive ketones (excluding diaryl/α,β-unsaturated/α-hetero) is 2. The lowest BCUT2D eigenvalue weighted by Gasteiger charge is -2.28. The van der Waals surface area contributed by atoms with Gasteiger partial charge in [0.15, 0.2) is 11.6 Å². The number of hydrogen-bond donors (Lipinski definition) is 1. The lowest BCUT2D eigenvalue weighted by atomic mass is 9.72. The van der Waals surface area contributed by atoms with Crippen molar-refractivity contribution in [2.24, 2.45) is 17.8 Å². The number of H-pyrrole nitrogens is 1. The summed E-state index contributed by atoms with van der Waals surface area (Å²) in [6.07, 6.45) is 37.1. The molecule has 22 rings (SSSR count). The molecule has 8 nitrogen and oxygen atoms in total. The highest BCUT2D eigenvalue weighted by Crippen LogP contribution is 2.43. The van der Waals surface area contributed by atoms with Crippen LogP contribution in [0.3, 0.4) is 0 Å². The average Bonchev–Trinajstić information content (AvgIpc) is 1.35. The Morgan fingerprint density at radius 2 is 0.909 bits per heavy atom. The van der Waals surface area contributed by atoms with Gasteiger partial charge in [0.25, 0.3) is 5.56 Å². The lowest BCUT2D eigenvalue weighted by molar-refractivity contribution is 0.0801. The van der Waals surface area contributed by atoms with E-state index in [1.807, 2.05) is 56.4 Å². The number of nitrogens with one attached hydrogen (secondary N) is 1. The van der Waals surface area contributed by atoms with Crippen molar-refractivity contribution in [3.8, 4) is 0 Å². The van der Waals surface area contributed by atoms with E-state index in [-0.39, 0.29) is 29.0 Å². The summed E-state index contributed by atoms with van der Waals surface area (Å²) in [5.74, 6) is 0.0291. The third kappa shape index (κ3) is 10.9. The second-order valence-corrected chi connectivity index (χ2v) is 27.1. The van der Waals surface area contributed by atoms with Crippen LogP contribution in [0.5, 0.6) is 0 Å². The van der Waals surface area contributed by atoms with Crippen LogP contribution in [-0.4, -0.2) is 36.5 Å². The summed E-state index contributed by atoms with van der Waals surface area (Å²) in [6.45, 7) is 3.97. The first-order valence-corrected chi connectivity index (χ1v) is 34.7. The van der Waals surface area contributed by atoms with Crippen molar-refractivity contribution >= 4 is 141 Å². The van der Waals surface area contributed by atoms with Crippen molar-refractivity contribution in [3.63, 3.8) is 0 Å². The normalized spacial score (nSPS) is 16.2. The Morgan fingerprint density at radius 1 is 0.424 bits per heavy atom. The van der Waals surface area contributed by atoms with Gasteiger partial charge >= 0.3 is 0 Å². The van der Waals surface area contributed by atoms with Crippen LogP contribution in [-0.2, 0) is 12.8 Å². The van der Waals surface area contributed by atoms with Crippen molar-refractivity contribution in [1.82, 2.24) is 24.9 Å². The first-order chi connectivity index (χ1) is 48.7. The molecular formula is C90H65N5O3S. The Hall–Kier alpha value is -11.9. The first kappa shape index (κ1) is 60.7. The zero-order valence-corrected chi connectivity index (χ0v) is 55.4. The fourth-order valence-electron chi connectivity index (χ4n) is 15.8. The van der Waals surface area contributed by atoms with Gasteiger partial charge in [-0.15, -0.1) is 11.3 Å². The van der Waals surface area contributed by atoms with E-state index in [9.17, 15) is 14.4 Å². The molecule has 16 aromatic rings. The summed E-state index contributed by atoms with van der Waals surface area (Å²) >= 11 is 1.40. The molecule has 0 amide bonds. The zero-order chi connectivity index (χ0) is 66.7. The fraction of sp³-hybridized carbons (Fsp3) is 0.100. The van der Waals surface area contributed by atoms with Gasteiger partial charge in [0, 0.05) is 51.3 Å². The van der Waals surface area contributed by atoms with Crippen molar-refractivity contribution in [3.05, 3.63) is 346 Å². The van der Waals surface area contributed by atoms with E-state index < -0.39 is 0 Å². The van der Waals surface area contributed by atoms with E-state index in [0.717, 1.165) is 48.8 Å². The molecule has 0 fully saturated rings. The molecule has 0 aliphatic heterocycles. The quantitative estimate of drug-likeness (QED) is 0.119. The minimum atomic E-state index is -0.299. The number of aromatic nitrogens is 5. The molecule has 0 radical (unpaired) electrons. The van der Waals surface area contributed by atoms with Crippen LogP contribution in [0.15, 0.2) is 307 Å². The Kier molecular flexibility index (Phi) is 15.7. The predicted octanol–water partition coefficient (Wildman–Crippen LogP) is 21.6. The van der Waals surface area contributed by atoms with Crippen LogP contribution in [0.1, 0.15) is 55.9 Å². The largest absolute Gasteiger partial charge is 0.312 e. The van der Waals surface area contributed by atoms with Gasteiger partial charge in [-0.25, -0.2) is 9.97 Å². The summed E-state index contributed by atoms with van der Waals surface area (Å²) in [7, 11) is 0. The summed E-state index contributed by atoms with van der Waals surface area (Å²) < 4.78 is 0.652.